The van der Waals surface area contributed by atoms with E-state index in [1.54, 1.807) is 0 Å². The van der Waals surface area contributed by atoms with Crippen molar-refractivity contribution in [1.82, 2.24) is 16.0 Å². The topological polar surface area (TPSA) is 54.5 Å². The zero-order chi connectivity index (χ0) is 18.9. The first-order valence-electron chi connectivity index (χ1n) is 9.86. The minimum atomic E-state index is 0.235. The lowest BCUT2D eigenvalue weighted by molar-refractivity contribution is 0.213. The number of nitrogens with one attached hydrogen (secondary N) is 3. The van der Waals surface area contributed by atoms with E-state index in [-0.39, 0.29) is 12.1 Å². The number of fused-ring (bicyclic) bond motifs is 2. The van der Waals surface area contributed by atoms with Gasteiger partial charge in [-0.25, -0.2) is 0 Å². The third kappa shape index (κ3) is 5.70. The Morgan fingerprint density at radius 1 is 0.667 bits per heavy atom. The quantitative estimate of drug-likeness (QED) is 0.666. The fourth-order valence-electron chi connectivity index (χ4n) is 3.34. The van der Waals surface area contributed by atoms with Crippen LogP contribution in [0, 0.1) is 0 Å². The first-order valence-corrected chi connectivity index (χ1v) is 9.86. The molecule has 5 heteroatoms. The molecule has 27 heavy (non-hydrogen) atoms. The number of rotatable bonds is 0. The third-order valence-corrected chi connectivity index (χ3v) is 4.87. The second-order valence-corrected chi connectivity index (χ2v) is 6.87. The molecule has 1 heterocycles. The van der Waals surface area contributed by atoms with Crippen LogP contribution in [0.5, 0.6) is 11.5 Å². The molecule has 0 fully saturated rings. The maximum atomic E-state index is 6.03. The van der Waals surface area contributed by atoms with Gasteiger partial charge >= 0.3 is 0 Å². The summed E-state index contributed by atoms with van der Waals surface area (Å²) < 4.78 is 12.1. The van der Waals surface area contributed by atoms with E-state index < -0.39 is 0 Å². The molecule has 0 bridgehead atoms. The molecule has 2 aromatic rings. The average Bonchev–Trinajstić information content (AvgIpc) is 2.70. The maximum Gasteiger partial charge on any atom is 0.124 e. The summed E-state index contributed by atoms with van der Waals surface area (Å²) in [4.78, 5) is 0. The Labute approximate surface area is 162 Å². The van der Waals surface area contributed by atoms with E-state index in [1.807, 2.05) is 24.3 Å². The first kappa shape index (κ1) is 19.7. The summed E-state index contributed by atoms with van der Waals surface area (Å²) in [7, 11) is 0. The fraction of sp³-hybridized carbons (Fsp3) is 0.455. The molecule has 5 nitrogen and oxygen atoms in total. The highest BCUT2D eigenvalue weighted by molar-refractivity contribution is 5.36. The highest BCUT2D eigenvalue weighted by Crippen LogP contribution is 2.26. The van der Waals surface area contributed by atoms with E-state index in [0.29, 0.717) is 13.2 Å². The van der Waals surface area contributed by atoms with Gasteiger partial charge in [0, 0.05) is 49.4 Å². The van der Waals surface area contributed by atoms with Crippen LogP contribution in [0.4, 0.5) is 0 Å². The maximum absolute atomic E-state index is 6.03. The van der Waals surface area contributed by atoms with Crippen molar-refractivity contribution in [3.63, 3.8) is 0 Å². The largest absolute Gasteiger partial charge is 0.490 e. The third-order valence-electron chi connectivity index (χ3n) is 4.87. The fourth-order valence-corrected chi connectivity index (χ4v) is 3.34. The van der Waals surface area contributed by atoms with Crippen molar-refractivity contribution in [2.24, 2.45) is 0 Å². The standard InChI is InChI=1S/C22H31N3O2/c1-17-19-7-3-5-9-21(19)26-15-16-27-22-10-6-4-8-20(22)18(2)25-14-12-23-11-13-24-17/h3-10,17-18,23-25H,11-16H2,1-2H3. The van der Waals surface area contributed by atoms with Gasteiger partial charge in [0.05, 0.1) is 0 Å². The summed E-state index contributed by atoms with van der Waals surface area (Å²) in [6, 6.07) is 16.9. The van der Waals surface area contributed by atoms with Gasteiger partial charge < -0.3 is 25.4 Å². The highest BCUT2D eigenvalue weighted by Gasteiger charge is 2.13. The second kappa shape index (κ2) is 10.3. The van der Waals surface area contributed by atoms with Gasteiger partial charge in [-0.3, -0.25) is 0 Å². The molecule has 1 aliphatic rings. The van der Waals surface area contributed by atoms with Crippen LogP contribution in [0.3, 0.4) is 0 Å². The Bertz CT molecular complexity index is 648. The van der Waals surface area contributed by atoms with Crippen LogP contribution < -0.4 is 25.4 Å². The summed E-state index contributed by atoms with van der Waals surface area (Å²) in [5.41, 5.74) is 2.36. The van der Waals surface area contributed by atoms with Gasteiger partial charge in [-0.05, 0) is 26.0 Å². The molecule has 3 rings (SSSR count). The molecule has 1 aliphatic heterocycles. The van der Waals surface area contributed by atoms with Gasteiger partial charge in [-0.2, -0.15) is 0 Å². The van der Waals surface area contributed by atoms with Crippen molar-refractivity contribution in [2.45, 2.75) is 25.9 Å². The zero-order valence-corrected chi connectivity index (χ0v) is 16.3. The monoisotopic (exact) mass is 369 g/mol. The number of ether oxygens (including phenoxy) is 2. The minimum absolute atomic E-state index is 0.235. The summed E-state index contributed by atoms with van der Waals surface area (Å²) in [5, 5.41) is 10.6. The Morgan fingerprint density at radius 2 is 1.11 bits per heavy atom. The van der Waals surface area contributed by atoms with Gasteiger partial charge in [0.15, 0.2) is 0 Å². The van der Waals surface area contributed by atoms with Crippen molar-refractivity contribution in [3.05, 3.63) is 59.7 Å². The molecule has 2 aromatic carbocycles. The number of hydrogen-bond donors (Lipinski definition) is 3. The van der Waals surface area contributed by atoms with Crippen LogP contribution in [0.1, 0.15) is 37.1 Å². The highest BCUT2D eigenvalue weighted by atomic mass is 16.5. The number of hydrogen-bond acceptors (Lipinski definition) is 5. The van der Waals surface area contributed by atoms with Gasteiger partial charge in [0.1, 0.15) is 24.7 Å². The van der Waals surface area contributed by atoms with Crippen LogP contribution in [-0.4, -0.2) is 39.4 Å². The van der Waals surface area contributed by atoms with Crippen molar-refractivity contribution in [3.8, 4) is 11.5 Å². The molecule has 0 radical (unpaired) electrons. The molecule has 2 unspecified atom stereocenters. The summed E-state index contributed by atoms with van der Waals surface area (Å²) in [6.07, 6.45) is 0. The average molecular weight is 370 g/mol. The van der Waals surface area contributed by atoms with E-state index in [1.165, 1.54) is 11.1 Å². The van der Waals surface area contributed by atoms with Crippen molar-refractivity contribution in [1.29, 1.82) is 0 Å². The summed E-state index contributed by atoms with van der Waals surface area (Å²) in [5.74, 6) is 1.84. The molecule has 0 saturated carbocycles. The van der Waals surface area contributed by atoms with Gasteiger partial charge in [-0.1, -0.05) is 36.4 Å². The molecule has 3 N–H and O–H groups in total. The lowest BCUT2D eigenvalue weighted by Crippen LogP contribution is -2.34. The van der Waals surface area contributed by atoms with E-state index in [2.05, 4.69) is 54.1 Å². The summed E-state index contributed by atoms with van der Waals surface area (Å²) >= 11 is 0. The molecule has 2 atom stereocenters. The van der Waals surface area contributed by atoms with Gasteiger partial charge in [-0.15, -0.1) is 0 Å². The van der Waals surface area contributed by atoms with E-state index in [0.717, 1.165) is 37.7 Å². The Balaban J connectivity index is 1.72. The zero-order valence-electron chi connectivity index (χ0n) is 16.3. The predicted molar refractivity (Wildman–Crippen MR) is 110 cm³/mol. The molecule has 146 valence electrons. The number of para-hydroxylation sites is 2. The number of benzene rings is 2. The van der Waals surface area contributed by atoms with Crippen LogP contribution in [0.25, 0.3) is 0 Å². The van der Waals surface area contributed by atoms with Crippen LogP contribution in [-0.2, 0) is 0 Å². The summed E-state index contributed by atoms with van der Waals surface area (Å²) in [6.45, 7) is 9.07. The van der Waals surface area contributed by atoms with E-state index >= 15 is 0 Å². The van der Waals surface area contributed by atoms with Crippen molar-refractivity contribution in [2.75, 3.05) is 39.4 Å². The molecular weight excluding hydrogens is 338 g/mol. The molecule has 0 spiro atoms. The molecule has 0 amide bonds. The van der Waals surface area contributed by atoms with Crippen LogP contribution >= 0.6 is 0 Å². The van der Waals surface area contributed by atoms with Gasteiger partial charge in [0.25, 0.3) is 0 Å². The Kier molecular flexibility index (Phi) is 7.51. The van der Waals surface area contributed by atoms with Crippen molar-refractivity contribution < 1.29 is 9.47 Å². The molecular formula is C22H31N3O2. The van der Waals surface area contributed by atoms with E-state index in [9.17, 15) is 0 Å². The smallest absolute Gasteiger partial charge is 0.124 e. The first-order chi connectivity index (χ1) is 13.3. The van der Waals surface area contributed by atoms with Crippen molar-refractivity contribution >= 4 is 0 Å². The lowest BCUT2D eigenvalue weighted by atomic mass is 10.1. The SMILES string of the molecule is CC1NCCNCCNC(C)c2ccccc2OCCOc2ccccc21. The second-order valence-electron chi connectivity index (χ2n) is 6.87. The van der Waals surface area contributed by atoms with Gasteiger partial charge in [0.2, 0.25) is 0 Å². The lowest BCUT2D eigenvalue weighted by Gasteiger charge is -2.19. The Hall–Kier alpha value is -2.08. The van der Waals surface area contributed by atoms with E-state index in [4.69, 9.17) is 9.47 Å². The Morgan fingerprint density at radius 3 is 1.59 bits per heavy atom. The van der Waals surface area contributed by atoms with Crippen LogP contribution in [0.15, 0.2) is 48.5 Å². The van der Waals surface area contributed by atoms with Crippen LogP contribution in [0.2, 0.25) is 0 Å². The molecule has 0 aliphatic carbocycles. The molecule has 0 saturated heterocycles. The normalized spacial score (nSPS) is 22.4. The molecule has 0 aromatic heterocycles. The predicted octanol–water partition coefficient (Wildman–Crippen LogP) is 3.05. The minimum Gasteiger partial charge on any atom is -0.490 e.